The predicted octanol–water partition coefficient (Wildman–Crippen LogP) is 4.05. The van der Waals surface area contributed by atoms with Crippen molar-refractivity contribution in [3.63, 3.8) is 0 Å². The Bertz CT molecular complexity index is 468. The van der Waals surface area contributed by atoms with Gasteiger partial charge in [-0.3, -0.25) is 4.90 Å². The second-order valence-electron chi connectivity index (χ2n) is 6.48. The highest BCUT2D eigenvalue weighted by Crippen LogP contribution is 2.37. The van der Waals surface area contributed by atoms with Crippen LogP contribution in [0.1, 0.15) is 56.7 Å². The molecule has 2 rings (SSSR count). The van der Waals surface area contributed by atoms with Crippen LogP contribution in [-0.4, -0.2) is 30.6 Å². The summed E-state index contributed by atoms with van der Waals surface area (Å²) in [5.74, 6) is -0.151. The minimum Gasteiger partial charge on any atom is -0.311 e. The third-order valence-electron chi connectivity index (χ3n) is 5.25. The van der Waals surface area contributed by atoms with Crippen LogP contribution in [0.25, 0.3) is 0 Å². The summed E-state index contributed by atoms with van der Waals surface area (Å²) in [7, 11) is 2.02. The molecule has 2 unspecified atom stereocenters. The first kappa shape index (κ1) is 16.4. The van der Waals surface area contributed by atoms with Gasteiger partial charge in [-0.05, 0) is 76.5 Å². The second kappa shape index (κ2) is 6.89. The second-order valence-corrected chi connectivity index (χ2v) is 6.48. The minimum absolute atomic E-state index is 0.0672. The van der Waals surface area contributed by atoms with Crippen LogP contribution in [0, 0.1) is 12.7 Å². The lowest BCUT2D eigenvalue weighted by atomic mass is 9.80. The number of likely N-dealkylation sites (N-methyl/N-ethyl adjacent to an activating group) is 1. The topological polar surface area (TPSA) is 15.3 Å². The molecule has 1 aliphatic rings. The number of halogens is 1. The number of hydrogen-bond donors (Lipinski definition) is 1. The molecule has 0 spiro atoms. The summed E-state index contributed by atoms with van der Waals surface area (Å²) in [5, 5.41) is 3.50. The zero-order valence-electron chi connectivity index (χ0n) is 13.9. The lowest BCUT2D eigenvalue weighted by Gasteiger charge is -2.48. The highest BCUT2D eigenvalue weighted by molar-refractivity contribution is 5.32. The van der Waals surface area contributed by atoms with Gasteiger partial charge in [0.15, 0.2) is 0 Å². The van der Waals surface area contributed by atoms with Crippen molar-refractivity contribution in [2.45, 2.75) is 58.0 Å². The average Bonchev–Trinajstić information content (AvgIpc) is 2.50. The van der Waals surface area contributed by atoms with Crippen LogP contribution >= 0.6 is 0 Å². The number of benzene rings is 1. The molecule has 118 valence electrons. The Morgan fingerprint density at radius 2 is 1.95 bits per heavy atom. The molecule has 2 atom stereocenters. The van der Waals surface area contributed by atoms with Crippen LogP contribution in [0.5, 0.6) is 0 Å². The average molecular weight is 292 g/mol. The molecule has 0 aromatic heterocycles. The summed E-state index contributed by atoms with van der Waals surface area (Å²) in [6.45, 7) is 8.96. The van der Waals surface area contributed by atoms with E-state index in [1.54, 1.807) is 12.1 Å². The predicted molar refractivity (Wildman–Crippen MR) is 87.1 cm³/mol. The zero-order valence-corrected chi connectivity index (χ0v) is 13.9. The highest BCUT2D eigenvalue weighted by atomic mass is 19.1. The van der Waals surface area contributed by atoms with E-state index < -0.39 is 0 Å². The van der Waals surface area contributed by atoms with Gasteiger partial charge < -0.3 is 5.32 Å². The van der Waals surface area contributed by atoms with Gasteiger partial charge in [-0.25, -0.2) is 4.39 Å². The van der Waals surface area contributed by atoms with Crippen LogP contribution in [0.2, 0.25) is 0 Å². The van der Waals surface area contributed by atoms with Crippen molar-refractivity contribution in [1.29, 1.82) is 0 Å². The highest BCUT2D eigenvalue weighted by Gasteiger charge is 2.39. The maximum Gasteiger partial charge on any atom is 0.123 e. The van der Waals surface area contributed by atoms with E-state index in [-0.39, 0.29) is 17.4 Å². The number of aryl methyl sites for hydroxylation is 1. The molecule has 0 saturated carbocycles. The molecule has 1 heterocycles. The lowest BCUT2D eigenvalue weighted by molar-refractivity contribution is 0.0446. The molecule has 21 heavy (non-hydrogen) atoms. The molecule has 0 bridgehead atoms. The van der Waals surface area contributed by atoms with E-state index in [0.717, 1.165) is 12.0 Å². The first-order chi connectivity index (χ1) is 10.0. The summed E-state index contributed by atoms with van der Waals surface area (Å²) in [4.78, 5) is 2.63. The number of piperidine rings is 1. The molecule has 1 N–H and O–H groups in total. The standard InChI is InChI=1S/C18H29FN2/c1-5-18(3,21-11-7-6-8-12-21)17(20-4)16-10-9-15(19)13-14(16)2/h9-10,13,17,20H,5-8,11-12H2,1-4H3. The van der Waals surface area contributed by atoms with Crippen molar-refractivity contribution in [3.05, 3.63) is 35.1 Å². The number of nitrogens with one attached hydrogen (secondary N) is 1. The number of nitrogens with zero attached hydrogens (tertiary/aromatic N) is 1. The molecule has 2 nitrogen and oxygen atoms in total. The molecule has 3 heteroatoms. The molecular weight excluding hydrogens is 263 g/mol. The van der Waals surface area contributed by atoms with E-state index in [9.17, 15) is 4.39 Å². The van der Waals surface area contributed by atoms with Crippen LogP contribution in [0.15, 0.2) is 18.2 Å². The molecule has 1 aromatic rings. The molecule has 1 saturated heterocycles. The molecule has 1 aromatic carbocycles. The quantitative estimate of drug-likeness (QED) is 0.881. The van der Waals surface area contributed by atoms with E-state index in [1.165, 1.54) is 37.9 Å². The van der Waals surface area contributed by atoms with E-state index in [2.05, 4.69) is 24.1 Å². The van der Waals surface area contributed by atoms with Gasteiger partial charge in [-0.2, -0.15) is 0 Å². The van der Waals surface area contributed by atoms with Crippen molar-refractivity contribution in [2.75, 3.05) is 20.1 Å². The maximum atomic E-state index is 13.4. The smallest absolute Gasteiger partial charge is 0.123 e. The summed E-state index contributed by atoms with van der Waals surface area (Å²) in [6, 6.07) is 5.40. The summed E-state index contributed by atoms with van der Waals surface area (Å²) >= 11 is 0. The Morgan fingerprint density at radius 3 is 2.48 bits per heavy atom. The first-order valence-corrected chi connectivity index (χ1v) is 8.21. The summed E-state index contributed by atoms with van der Waals surface area (Å²) < 4.78 is 13.4. The third-order valence-corrected chi connectivity index (χ3v) is 5.25. The van der Waals surface area contributed by atoms with Crippen molar-refractivity contribution in [2.24, 2.45) is 0 Å². The molecule has 1 aliphatic heterocycles. The van der Waals surface area contributed by atoms with Gasteiger partial charge in [0.05, 0.1) is 6.04 Å². The fourth-order valence-corrected chi connectivity index (χ4v) is 3.78. The van der Waals surface area contributed by atoms with Gasteiger partial charge in [0.25, 0.3) is 0 Å². The molecule has 1 fully saturated rings. The number of likely N-dealkylation sites (tertiary alicyclic amines) is 1. The van der Waals surface area contributed by atoms with Crippen molar-refractivity contribution in [3.8, 4) is 0 Å². The Morgan fingerprint density at radius 1 is 1.29 bits per heavy atom. The van der Waals surface area contributed by atoms with E-state index in [4.69, 9.17) is 0 Å². The maximum absolute atomic E-state index is 13.4. The minimum atomic E-state index is -0.151. The van der Waals surface area contributed by atoms with Crippen LogP contribution < -0.4 is 5.32 Å². The van der Waals surface area contributed by atoms with Gasteiger partial charge >= 0.3 is 0 Å². The fraction of sp³-hybridized carbons (Fsp3) is 0.667. The Labute approximate surface area is 128 Å². The fourth-order valence-electron chi connectivity index (χ4n) is 3.78. The van der Waals surface area contributed by atoms with E-state index in [0.29, 0.717) is 0 Å². The first-order valence-electron chi connectivity index (χ1n) is 8.21. The Hall–Kier alpha value is -0.930. The van der Waals surface area contributed by atoms with E-state index >= 15 is 0 Å². The Kier molecular flexibility index (Phi) is 5.39. The summed E-state index contributed by atoms with van der Waals surface area (Å²) in [5.41, 5.74) is 2.32. The third kappa shape index (κ3) is 3.29. The van der Waals surface area contributed by atoms with Crippen LogP contribution in [0.3, 0.4) is 0 Å². The molecule has 0 radical (unpaired) electrons. The lowest BCUT2D eigenvalue weighted by Crippen LogP contribution is -2.55. The van der Waals surface area contributed by atoms with Crippen molar-refractivity contribution >= 4 is 0 Å². The van der Waals surface area contributed by atoms with Gasteiger partial charge in [0.2, 0.25) is 0 Å². The van der Waals surface area contributed by atoms with Gasteiger partial charge in [-0.1, -0.05) is 19.4 Å². The SMILES string of the molecule is CCC(C)(C(NC)c1ccc(F)cc1C)N1CCCCC1. The molecular formula is C18H29FN2. The van der Waals surface area contributed by atoms with Crippen LogP contribution in [0.4, 0.5) is 4.39 Å². The van der Waals surface area contributed by atoms with Crippen molar-refractivity contribution in [1.82, 2.24) is 10.2 Å². The number of hydrogen-bond acceptors (Lipinski definition) is 2. The Balaban J connectivity index is 2.35. The van der Waals surface area contributed by atoms with E-state index in [1.807, 2.05) is 20.0 Å². The molecule has 0 amide bonds. The monoisotopic (exact) mass is 292 g/mol. The molecule has 0 aliphatic carbocycles. The van der Waals surface area contributed by atoms with Gasteiger partial charge in [0.1, 0.15) is 5.82 Å². The number of rotatable bonds is 5. The van der Waals surface area contributed by atoms with Gasteiger partial charge in [0, 0.05) is 5.54 Å². The zero-order chi connectivity index (χ0) is 15.5. The largest absolute Gasteiger partial charge is 0.311 e. The van der Waals surface area contributed by atoms with Crippen LogP contribution in [-0.2, 0) is 0 Å². The van der Waals surface area contributed by atoms with Crippen molar-refractivity contribution < 1.29 is 4.39 Å². The summed E-state index contributed by atoms with van der Waals surface area (Å²) in [6.07, 6.45) is 4.99. The normalized spacial score (nSPS) is 21.0. The van der Waals surface area contributed by atoms with Gasteiger partial charge in [-0.15, -0.1) is 0 Å².